The van der Waals surface area contributed by atoms with Crippen LogP contribution in [0, 0.1) is 5.82 Å². The van der Waals surface area contributed by atoms with Crippen molar-refractivity contribution < 1.29 is 41.0 Å². The smallest absolute Gasteiger partial charge is 0.484 e. The second-order valence-corrected chi connectivity index (χ2v) is 7.74. The summed E-state index contributed by atoms with van der Waals surface area (Å²) in [5.74, 6) is -0.0566. The minimum Gasteiger partial charge on any atom is -0.484 e. The molecule has 1 saturated carbocycles. The van der Waals surface area contributed by atoms with Gasteiger partial charge in [-0.25, -0.2) is 4.39 Å². The molecule has 2 aromatic rings. The van der Waals surface area contributed by atoms with Gasteiger partial charge in [0.15, 0.2) is 6.61 Å². The third-order valence-corrected chi connectivity index (χ3v) is 5.30. The first-order valence-electron chi connectivity index (χ1n) is 10.1. The number of halogens is 4. The summed E-state index contributed by atoms with van der Waals surface area (Å²) in [5.41, 5.74) is 0. The summed E-state index contributed by atoms with van der Waals surface area (Å²) in [7, 11) is 0. The van der Waals surface area contributed by atoms with E-state index in [4.69, 9.17) is 13.9 Å². The van der Waals surface area contributed by atoms with Gasteiger partial charge in [-0.05, 0) is 49.9 Å². The van der Waals surface area contributed by atoms with E-state index in [0.717, 1.165) is 0 Å². The Kier molecular flexibility index (Phi) is 6.60. The molecule has 1 aliphatic heterocycles. The van der Waals surface area contributed by atoms with Crippen LogP contribution in [0.15, 0.2) is 28.7 Å². The lowest BCUT2D eigenvalue weighted by molar-refractivity contribution is -0.352. The molecule has 2 aliphatic rings. The van der Waals surface area contributed by atoms with Gasteiger partial charge in [0.05, 0.1) is 18.8 Å². The number of nitrogens with one attached hydrogen (secondary N) is 1. The van der Waals surface area contributed by atoms with E-state index in [1.54, 1.807) is 0 Å². The molecule has 2 atom stereocenters. The maximum atomic E-state index is 12.9. The Morgan fingerprint density at radius 1 is 1.12 bits per heavy atom. The Bertz CT molecular complexity index is 907. The maximum Gasteiger partial charge on any atom is 0.522 e. The van der Waals surface area contributed by atoms with Crippen LogP contribution < -0.4 is 10.1 Å². The highest BCUT2D eigenvalue weighted by Gasteiger charge is 2.42. The normalized spacial score (nSPS) is 25.8. The number of carbonyl (C=O) groups is 1. The summed E-state index contributed by atoms with van der Waals surface area (Å²) in [5, 5.41) is 10.7. The highest BCUT2D eigenvalue weighted by atomic mass is 19.4. The number of amides is 1. The number of benzene rings is 1. The number of alkyl halides is 3. The fourth-order valence-corrected chi connectivity index (χ4v) is 3.60. The second-order valence-electron chi connectivity index (χ2n) is 7.74. The van der Waals surface area contributed by atoms with E-state index in [-0.39, 0.29) is 55.7 Å². The van der Waals surface area contributed by atoms with Crippen LogP contribution >= 0.6 is 0 Å². The molecule has 1 aromatic heterocycles. The molecule has 1 aromatic carbocycles. The number of ether oxygens (including phenoxy) is 3. The molecule has 2 fully saturated rings. The van der Waals surface area contributed by atoms with Crippen molar-refractivity contribution in [1.29, 1.82) is 0 Å². The van der Waals surface area contributed by atoms with Gasteiger partial charge in [-0.2, -0.15) is 0 Å². The molecule has 1 saturated heterocycles. The van der Waals surface area contributed by atoms with Crippen molar-refractivity contribution in [3.8, 4) is 5.75 Å². The van der Waals surface area contributed by atoms with Crippen LogP contribution in [0.3, 0.4) is 0 Å². The van der Waals surface area contributed by atoms with Crippen molar-refractivity contribution in [2.24, 2.45) is 0 Å². The molecule has 1 aliphatic carbocycles. The molecular weight excluding hydrogens is 438 g/mol. The summed E-state index contributed by atoms with van der Waals surface area (Å²) in [6.07, 6.45) is -4.52. The van der Waals surface area contributed by atoms with Gasteiger partial charge in [-0.3, -0.25) is 9.53 Å². The lowest BCUT2D eigenvalue weighted by Crippen LogP contribution is -2.43. The summed E-state index contributed by atoms with van der Waals surface area (Å²) < 4.78 is 70.1. The van der Waals surface area contributed by atoms with E-state index < -0.39 is 24.4 Å². The Labute approximate surface area is 180 Å². The second kappa shape index (κ2) is 9.41. The van der Waals surface area contributed by atoms with Crippen molar-refractivity contribution in [3.05, 3.63) is 41.9 Å². The standard InChI is InChI=1S/C20H21F4N3O5/c21-12-1-4-14(5-2-12)29-10-17(28)25-13-3-6-16(30-9-13)19-27-26-18(31-19)11-7-15(8-11)32-20(22,23)24/h1-2,4-5,11,13,15-16H,3,6-10H2,(H,25,28)/t11-,13-,15+,16+/m0/s1. The van der Waals surface area contributed by atoms with Gasteiger partial charge in [0.25, 0.3) is 5.91 Å². The topological polar surface area (TPSA) is 95.7 Å². The summed E-state index contributed by atoms with van der Waals surface area (Å²) in [4.78, 5) is 12.0. The monoisotopic (exact) mass is 459 g/mol. The number of aromatic nitrogens is 2. The summed E-state index contributed by atoms with van der Waals surface area (Å²) in [6.45, 7) is 0.0224. The Balaban J connectivity index is 1.17. The number of rotatable bonds is 7. The number of hydrogen-bond donors (Lipinski definition) is 1. The van der Waals surface area contributed by atoms with Gasteiger partial charge in [-0.1, -0.05) is 0 Å². The van der Waals surface area contributed by atoms with Gasteiger partial charge in [0.2, 0.25) is 11.8 Å². The molecule has 1 amide bonds. The predicted octanol–water partition coefficient (Wildman–Crippen LogP) is 3.41. The zero-order valence-corrected chi connectivity index (χ0v) is 16.8. The van der Waals surface area contributed by atoms with Crippen LogP contribution in [0.4, 0.5) is 17.6 Å². The first kappa shape index (κ1) is 22.5. The van der Waals surface area contributed by atoms with Crippen LogP contribution in [0.1, 0.15) is 49.5 Å². The van der Waals surface area contributed by atoms with Crippen LogP contribution in [0.5, 0.6) is 5.75 Å². The molecule has 4 rings (SSSR count). The molecule has 32 heavy (non-hydrogen) atoms. The quantitative estimate of drug-likeness (QED) is 0.634. The number of nitrogens with zero attached hydrogens (tertiary/aromatic N) is 2. The van der Waals surface area contributed by atoms with Gasteiger partial charge in [0.1, 0.15) is 17.7 Å². The first-order valence-corrected chi connectivity index (χ1v) is 10.1. The van der Waals surface area contributed by atoms with Crippen molar-refractivity contribution in [2.75, 3.05) is 13.2 Å². The first-order chi connectivity index (χ1) is 15.2. The average Bonchev–Trinajstić information content (AvgIpc) is 3.19. The highest BCUT2D eigenvalue weighted by Crippen LogP contribution is 2.41. The Hall–Kier alpha value is -2.73. The van der Waals surface area contributed by atoms with Crippen LogP contribution in [-0.2, 0) is 14.3 Å². The van der Waals surface area contributed by atoms with Gasteiger partial charge >= 0.3 is 6.36 Å². The van der Waals surface area contributed by atoms with Gasteiger partial charge in [0, 0.05) is 5.92 Å². The van der Waals surface area contributed by atoms with E-state index >= 15 is 0 Å². The summed E-state index contributed by atoms with van der Waals surface area (Å²) >= 11 is 0. The van der Waals surface area contributed by atoms with E-state index in [0.29, 0.717) is 18.6 Å². The van der Waals surface area contributed by atoms with Crippen molar-refractivity contribution in [1.82, 2.24) is 15.5 Å². The lowest BCUT2D eigenvalue weighted by atomic mass is 9.82. The third kappa shape index (κ3) is 5.94. The Morgan fingerprint density at radius 2 is 1.84 bits per heavy atom. The molecular formula is C20H21F4N3O5. The van der Waals surface area contributed by atoms with Gasteiger partial charge < -0.3 is 19.2 Å². The van der Waals surface area contributed by atoms with Crippen LogP contribution in [-0.4, -0.2) is 47.8 Å². The van der Waals surface area contributed by atoms with E-state index in [1.807, 2.05) is 0 Å². The van der Waals surface area contributed by atoms with E-state index in [1.165, 1.54) is 24.3 Å². The summed E-state index contributed by atoms with van der Waals surface area (Å²) in [6, 6.07) is 5.13. The minimum atomic E-state index is -4.65. The molecule has 0 unspecified atom stereocenters. The number of hydrogen-bond acceptors (Lipinski definition) is 7. The lowest BCUT2D eigenvalue weighted by Gasteiger charge is -2.33. The SMILES string of the molecule is O=C(COc1ccc(F)cc1)N[C@H]1CC[C@H](c2nnc([C@H]3C[C@@H](OC(F)(F)F)C3)o2)OC1. The van der Waals surface area contributed by atoms with Crippen molar-refractivity contribution in [3.63, 3.8) is 0 Å². The highest BCUT2D eigenvalue weighted by molar-refractivity contribution is 5.77. The molecule has 8 nitrogen and oxygen atoms in total. The van der Waals surface area contributed by atoms with Crippen molar-refractivity contribution in [2.45, 2.75) is 56.2 Å². The molecule has 0 radical (unpaired) electrons. The minimum absolute atomic E-state index is 0.167. The predicted molar refractivity (Wildman–Crippen MR) is 99.0 cm³/mol. The van der Waals surface area contributed by atoms with Gasteiger partial charge in [-0.15, -0.1) is 23.4 Å². The zero-order valence-electron chi connectivity index (χ0n) is 16.8. The molecule has 174 valence electrons. The zero-order chi connectivity index (χ0) is 22.7. The largest absolute Gasteiger partial charge is 0.522 e. The maximum absolute atomic E-state index is 12.9. The molecule has 12 heteroatoms. The van der Waals surface area contributed by atoms with Crippen LogP contribution in [0.25, 0.3) is 0 Å². The molecule has 2 heterocycles. The molecule has 1 N–H and O–H groups in total. The average molecular weight is 459 g/mol. The fraction of sp³-hybridized carbons (Fsp3) is 0.550. The third-order valence-electron chi connectivity index (χ3n) is 5.30. The Morgan fingerprint density at radius 3 is 2.50 bits per heavy atom. The number of carbonyl (C=O) groups excluding carboxylic acids is 1. The van der Waals surface area contributed by atoms with E-state index in [9.17, 15) is 22.4 Å². The molecule has 0 spiro atoms. The molecule has 0 bridgehead atoms. The fourth-order valence-electron chi connectivity index (χ4n) is 3.60. The van der Waals surface area contributed by atoms with Crippen molar-refractivity contribution >= 4 is 5.91 Å². The van der Waals surface area contributed by atoms with E-state index in [2.05, 4.69) is 20.3 Å². The van der Waals surface area contributed by atoms with Crippen LogP contribution in [0.2, 0.25) is 0 Å².